The zero-order valence-corrected chi connectivity index (χ0v) is 8.58. The zero-order chi connectivity index (χ0) is 11.5. The lowest BCUT2D eigenvalue weighted by atomic mass is 10.0. The number of fused-ring (bicyclic) bond motifs is 1. The van der Waals surface area contributed by atoms with Gasteiger partial charge < -0.3 is 19.7 Å². The molecule has 0 bridgehead atoms. The van der Waals surface area contributed by atoms with Crippen LogP contribution in [-0.4, -0.2) is 33.0 Å². The molecule has 0 saturated carbocycles. The standard InChI is InChI=1S/C11H13NO4/c13-4-3-9(14)11(15)7-1-2-10-8(5-7)12-6-16-10/h1-2,5-6,9,11,13-15H,3-4H2. The van der Waals surface area contributed by atoms with E-state index in [0.29, 0.717) is 16.7 Å². The summed E-state index contributed by atoms with van der Waals surface area (Å²) in [4.78, 5) is 3.96. The summed E-state index contributed by atoms with van der Waals surface area (Å²) in [5.74, 6) is 0. The van der Waals surface area contributed by atoms with E-state index in [-0.39, 0.29) is 13.0 Å². The van der Waals surface area contributed by atoms with Gasteiger partial charge in [-0.05, 0) is 24.1 Å². The maximum absolute atomic E-state index is 9.80. The topological polar surface area (TPSA) is 86.7 Å². The Morgan fingerprint density at radius 3 is 2.88 bits per heavy atom. The van der Waals surface area contributed by atoms with Crippen LogP contribution in [0.2, 0.25) is 0 Å². The first kappa shape index (κ1) is 11.1. The van der Waals surface area contributed by atoms with Crippen molar-refractivity contribution in [2.45, 2.75) is 18.6 Å². The predicted molar refractivity (Wildman–Crippen MR) is 56.7 cm³/mol. The molecular formula is C11H13NO4. The van der Waals surface area contributed by atoms with E-state index < -0.39 is 12.2 Å². The van der Waals surface area contributed by atoms with Gasteiger partial charge in [0.25, 0.3) is 0 Å². The van der Waals surface area contributed by atoms with Crippen molar-refractivity contribution in [3.05, 3.63) is 30.2 Å². The quantitative estimate of drug-likeness (QED) is 0.706. The van der Waals surface area contributed by atoms with Crippen molar-refractivity contribution in [3.63, 3.8) is 0 Å². The molecule has 1 heterocycles. The smallest absolute Gasteiger partial charge is 0.181 e. The van der Waals surface area contributed by atoms with E-state index >= 15 is 0 Å². The van der Waals surface area contributed by atoms with Crippen molar-refractivity contribution < 1.29 is 19.7 Å². The second-order valence-electron chi connectivity index (χ2n) is 3.60. The van der Waals surface area contributed by atoms with Crippen LogP contribution in [0.25, 0.3) is 11.1 Å². The summed E-state index contributed by atoms with van der Waals surface area (Å²) >= 11 is 0. The van der Waals surface area contributed by atoms with Crippen LogP contribution in [0.5, 0.6) is 0 Å². The highest BCUT2D eigenvalue weighted by molar-refractivity contribution is 5.72. The first-order chi connectivity index (χ1) is 7.72. The Balaban J connectivity index is 2.24. The van der Waals surface area contributed by atoms with Crippen LogP contribution in [0.1, 0.15) is 18.1 Å². The molecule has 0 fully saturated rings. The summed E-state index contributed by atoms with van der Waals surface area (Å²) in [6.45, 7) is -0.162. The van der Waals surface area contributed by atoms with E-state index in [4.69, 9.17) is 9.52 Å². The fourth-order valence-corrected chi connectivity index (χ4v) is 1.57. The van der Waals surface area contributed by atoms with Gasteiger partial charge in [0, 0.05) is 6.61 Å². The molecule has 0 aliphatic heterocycles. The third-order valence-corrected chi connectivity index (χ3v) is 2.49. The van der Waals surface area contributed by atoms with E-state index in [0.717, 1.165) is 0 Å². The molecular weight excluding hydrogens is 210 g/mol. The molecule has 1 aromatic heterocycles. The van der Waals surface area contributed by atoms with Gasteiger partial charge in [0.15, 0.2) is 12.0 Å². The Kier molecular flexibility index (Phi) is 3.19. The molecule has 2 unspecified atom stereocenters. The number of aromatic nitrogens is 1. The van der Waals surface area contributed by atoms with E-state index in [1.165, 1.54) is 6.39 Å². The number of aliphatic hydroxyl groups is 3. The molecule has 3 N–H and O–H groups in total. The van der Waals surface area contributed by atoms with Gasteiger partial charge in [0.1, 0.15) is 11.6 Å². The molecule has 5 heteroatoms. The second kappa shape index (κ2) is 4.61. The molecule has 0 spiro atoms. The van der Waals surface area contributed by atoms with Gasteiger partial charge in [0.2, 0.25) is 0 Å². The van der Waals surface area contributed by atoms with Crippen molar-refractivity contribution in [1.82, 2.24) is 4.98 Å². The highest BCUT2D eigenvalue weighted by Crippen LogP contribution is 2.22. The van der Waals surface area contributed by atoms with Crippen molar-refractivity contribution >= 4 is 11.1 Å². The van der Waals surface area contributed by atoms with Gasteiger partial charge >= 0.3 is 0 Å². The molecule has 2 atom stereocenters. The number of hydrogen-bond acceptors (Lipinski definition) is 5. The molecule has 0 radical (unpaired) electrons. The fraction of sp³-hybridized carbons (Fsp3) is 0.364. The van der Waals surface area contributed by atoms with E-state index in [1.54, 1.807) is 18.2 Å². The molecule has 0 amide bonds. The van der Waals surface area contributed by atoms with Crippen molar-refractivity contribution in [2.75, 3.05) is 6.61 Å². The Morgan fingerprint density at radius 1 is 1.31 bits per heavy atom. The predicted octanol–water partition coefficient (Wildman–Crippen LogP) is 0.604. The van der Waals surface area contributed by atoms with Crippen LogP contribution in [-0.2, 0) is 0 Å². The maximum Gasteiger partial charge on any atom is 0.181 e. The molecule has 2 rings (SSSR count). The highest BCUT2D eigenvalue weighted by atomic mass is 16.3. The highest BCUT2D eigenvalue weighted by Gasteiger charge is 2.18. The normalized spacial score (nSPS) is 15.2. The monoisotopic (exact) mass is 223 g/mol. The first-order valence-corrected chi connectivity index (χ1v) is 5.02. The third-order valence-electron chi connectivity index (χ3n) is 2.49. The SMILES string of the molecule is OCCC(O)C(O)c1ccc2ocnc2c1. The molecule has 0 saturated heterocycles. The lowest BCUT2D eigenvalue weighted by Crippen LogP contribution is -2.19. The molecule has 86 valence electrons. The van der Waals surface area contributed by atoms with Gasteiger partial charge in [0.05, 0.1) is 6.10 Å². The Morgan fingerprint density at radius 2 is 2.12 bits per heavy atom. The van der Waals surface area contributed by atoms with Crippen LogP contribution in [0.3, 0.4) is 0 Å². The molecule has 1 aromatic carbocycles. The Labute approximate surface area is 92.0 Å². The Bertz CT molecular complexity index is 468. The number of aliphatic hydroxyl groups excluding tert-OH is 3. The van der Waals surface area contributed by atoms with Gasteiger partial charge in [-0.1, -0.05) is 6.07 Å². The van der Waals surface area contributed by atoms with Gasteiger partial charge in [-0.15, -0.1) is 0 Å². The summed E-state index contributed by atoms with van der Waals surface area (Å²) in [6, 6.07) is 5.01. The number of benzene rings is 1. The Hall–Kier alpha value is -1.43. The van der Waals surface area contributed by atoms with Crippen LogP contribution in [0, 0.1) is 0 Å². The molecule has 5 nitrogen and oxygen atoms in total. The summed E-state index contributed by atoms with van der Waals surface area (Å²) in [6.07, 6.45) is -0.536. The maximum atomic E-state index is 9.80. The lowest BCUT2D eigenvalue weighted by molar-refractivity contribution is 0.00428. The number of nitrogens with zero attached hydrogens (tertiary/aromatic N) is 1. The summed E-state index contributed by atoms with van der Waals surface area (Å²) in [5, 5.41) is 28.0. The van der Waals surface area contributed by atoms with E-state index in [1.807, 2.05) is 0 Å². The van der Waals surface area contributed by atoms with Crippen LogP contribution in [0.4, 0.5) is 0 Å². The van der Waals surface area contributed by atoms with Crippen molar-refractivity contribution in [2.24, 2.45) is 0 Å². The van der Waals surface area contributed by atoms with Crippen LogP contribution < -0.4 is 0 Å². The minimum atomic E-state index is -1.02. The van der Waals surface area contributed by atoms with Gasteiger partial charge in [-0.2, -0.15) is 0 Å². The van der Waals surface area contributed by atoms with E-state index in [9.17, 15) is 10.2 Å². The van der Waals surface area contributed by atoms with Crippen LogP contribution in [0.15, 0.2) is 29.0 Å². The molecule has 16 heavy (non-hydrogen) atoms. The minimum absolute atomic E-state index is 0.137. The van der Waals surface area contributed by atoms with Crippen LogP contribution >= 0.6 is 0 Å². The fourth-order valence-electron chi connectivity index (χ4n) is 1.57. The minimum Gasteiger partial charge on any atom is -0.443 e. The summed E-state index contributed by atoms with van der Waals surface area (Å²) in [5.41, 5.74) is 1.82. The second-order valence-corrected chi connectivity index (χ2v) is 3.60. The average molecular weight is 223 g/mol. The lowest BCUT2D eigenvalue weighted by Gasteiger charge is -2.16. The average Bonchev–Trinajstić information content (AvgIpc) is 2.75. The zero-order valence-electron chi connectivity index (χ0n) is 8.58. The molecule has 0 aliphatic rings. The van der Waals surface area contributed by atoms with Gasteiger partial charge in [-0.3, -0.25) is 0 Å². The summed E-state index contributed by atoms with van der Waals surface area (Å²) < 4.78 is 5.07. The van der Waals surface area contributed by atoms with Crippen molar-refractivity contribution in [1.29, 1.82) is 0 Å². The van der Waals surface area contributed by atoms with Gasteiger partial charge in [-0.25, -0.2) is 4.98 Å². The summed E-state index contributed by atoms with van der Waals surface area (Å²) in [7, 11) is 0. The molecule has 0 aliphatic carbocycles. The number of hydrogen-bond donors (Lipinski definition) is 3. The van der Waals surface area contributed by atoms with E-state index in [2.05, 4.69) is 4.98 Å². The van der Waals surface area contributed by atoms with Crippen molar-refractivity contribution in [3.8, 4) is 0 Å². The third kappa shape index (κ3) is 2.06. The number of oxazole rings is 1. The molecule has 2 aromatic rings. The largest absolute Gasteiger partial charge is 0.443 e. The first-order valence-electron chi connectivity index (χ1n) is 5.02. The number of rotatable bonds is 4.